The van der Waals surface area contributed by atoms with Crippen LogP contribution in [0, 0.1) is 12.7 Å². The van der Waals surface area contributed by atoms with Crippen LogP contribution in [0.2, 0.25) is 0 Å². The van der Waals surface area contributed by atoms with Gasteiger partial charge in [-0.1, -0.05) is 12.8 Å². The fourth-order valence-electron chi connectivity index (χ4n) is 2.68. The normalized spacial score (nSPS) is 21.6. The Hall–Kier alpha value is -1.14. The summed E-state index contributed by atoms with van der Waals surface area (Å²) < 4.78 is 41.0. The number of anilines is 1. The fraction of sp³-hybridized carbons (Fsp3) is 0.571. The summed E-state index contributed by atoms with van der Waals surface area (Å²) in [4.78, 5) is -0.302. The Kier molecular flexibility index (Phi) is 4.34. The van der Waals surface area contributed by atoms with Crippen LogP contribution in [0.5, 0.6) is 0 Å². The minimum Gasteiger partial charge on any atom is -0.399 e. The Balaban J connectivity index is 2.49. The molecule has 0 aliphatic carbocycles. The molecule has 112 valence electrons. The van der Waals surface area contributed by atoms with Crippen molar-refractivity contribution in [2.24, 2.45) is 0 Å². The summed E-state index contributed by atoms with van der Waals surface area (Å²) in [6.07, 6.45) is 3.63. The summed E-state index contributed by atoms with van der Waals surface area (Å²) in [5, 5.41) is 0. The third kappa shape index (κ3) is 2.81. The maximum absolute atomic E-state index is 14.2. The Morgan fingerprint density at radius 1 is 1.30 bits per heavy atom. The number of hydrogen-bond donors (Lipinski definition) is 1. The molecule has 1 heterocycles. The summed E-state index contributed by atoms with van der Waals surface area (Å²) in [5.41, 5.74) is 6.19. The third-order valence-electron chi connectivity index (χ3n) is 3.82. The van der Waals surface area contributed by atoms with Crippen LogP contribution in [0.25, 0.3) is 0 Å². The molecular formula is C14H21FN2O2S. The van der Waals surface area contributed by atoms with Crippen molar-refractivity contribution in [2.45, 2.75) is 50.5 Å². The Labute approximate surface area is 119 Å². The number of nitrogen functional groups attached to an aromatic ring is 1. The van der Waals surface area contributed by atoms with Crippen molar-refractivity contribution in [2.75, 3.05) is 12.3 Å². The van der Waals surface area contributed by atoms with Gasteiger partial charge in [0.25, 0.3) is 0 Å². The lowest BCUT2D eigenvalue weighted by Crippen LogP contribution is -2.38. The lowest BCUT2D eigenvalue weighted by atomic mass is 10.1. The number of nitrogens with two attached hydrogens (primary N) is 1. The molecule has 1 atom stereocenters. The molecule has 0 spiro atoms. The number of hydrogen-bond acceptors (Lipinski definition) is 3. The summed E-state index contributed by atoms with van der Waals surface area (Å²) in [6, 6.07) is 2.55. The second-order valence-electron chi connectivity index (χ2n) is 5.46. The zero-order valence-electron chi connectivity index (χ0n) is 11.9. The smallest absolute Gasteiger partial charge is 0.246 e. The standard InChI is InChI=1S/C14H21FN2O2S/c1-10-8-12(16)9-13(14(10)15)20(18,19)17-7-5-3-4-6-11(17)2/h8-9,11H,3-7,16H2,1-2H3. The van der Waals surface area contributed by atoms with Gasteiger partial charge in [-0.05, 0) is 44.4 Å². The second-order valence-corrected chi connectivity index (χ2v) is 7.32. The molecular weight excluding hydrogens is 279 g/mol. The molecule has 2 N–H and O–H groups in total. The number of nitrogens with zero attached hydrogens (tertiary/aromatic N) is 1. The summed E-state index contributed by atoms with van der Waals surface area (Å²) in [6.45, 7) is 3.84. The van der Waals surface area contributed by atoms with Crippen molar-refractivity contribution in [1.82, 2.24) is 4.31 Å². The van der Waals surface area contributed by atoms with Crippen LogP contribution in [0.4, 0.5) is 10.1 Å². The maximum Gasteiger partial charge on any atom is 0.246 e. The molecule has 1 aliphatic heterocycles. The van der Waals surface area contributed by atoms with Gasteiger partial charge in [0, 0.05) is 18.3 Å². The molecule has 1 aliphatic rings. The van der Waals surface area contributed by atoms with E-state index >= 15 is 0 Å². The highest BCUT2D eigenvalue weighted by atomic mass is 32.2. The average molecular weight is 300 g/mol. The van der Waals surface area contributed by atoms with Crippen LogP contribution in [0.3, 0.4) is 0 Å². The zero-order chi connectivity index (χ0) is 14.9. The number of benzene rings is 1. The summed E-state index contributed by atoms with van der Waals surface area (Å²) in [7, 11) is -3.83. The van der Waals surface area contributed by atoms with Crippen molar-refractivity contribution in [3.63, 3.8) is 0 Å². The highest BCUT2D eigenvalue weighted by Gasteiger charge is 2.32. The van der Waals surface area contributed by atoms with Crippen molar-refractivity contribution in [1.29, 1.82) is 0 Å². The first-order chi connectivity index (χ1) is 9.34. The number of aryl methyl sites for hydroxylation is 1. The minimum absolute atomic E-state index is 0.108. The fourth-order valence-corrected chi connectivity index (χ4v) is 4.56. The van der Waals surface area contributed by atoms with Gasteiger partial charge in [-0.25, -0.2) is 12.8 Å². The van der Waals surface area contributed by atoms with E-state index in [1.165, 1.54) is 23.4 Å². The summed E-state index contributed by atoms with van der Waals surface area (Å²) >= 11 is 0. The topological polar surface area (TPSA) is 63.4 Å². The zero-order valence-corrected chi connectivity index (χ0v) is 12.7. The van der Waals surface area contributed by atoms with Gasteiger partial charge in [0.05, 0.1) is 0 Å². The maximum atomic E-state index is 14.2. The summed E-state index contributed by atoms with van der Waals surface area (Å²) in [5.74, 6) is -0.698. The van der Waals surface area contributed by atoms with Crippen LogP contribution >= 0.6 is 0 Å². The van der Waals surface area contributed by atoms with Gasteiger partial charge >= 0.3 is 0 Å². The van der Waals surface area contributed by atoms with Crippen molar-refractivity contribution < 1.29 is 12.8 Å². The van der Waals surface area contributed by atoms with Crippen LogP contribution < -0.4 is 5.73 Å². The van der Waals surface area contributed by atoms with Crippen molar-refractivity contribution in [3.05, 3.63) is 23.5 Å². The van der Waals surface area contributed by atoms with E-state index in [1.54, 1.807) is 0 Å². The van der Waals surface area contributed by atoms with E-state index in [4.69, 9.17) is 5.73 Å². The van der Waals surface area contributed by atoms with Gasteiger partial charge in [0.2, 0.25) is 10.0 Å². The Morgan fingerprint density at radius 3 is 2.70 bits per heavy atom. The molecule has 1 saturated heterocycles. The van der Waals surface area contributed by atoms with E-state index < -0.39 is 15.8 Å². The number of halogens is 1. The quantitative estimate of drug-likeness (QED) is 0.854. The van der Waals surface area contributed by atoms with Gasteiger partial charge in [0.1, 0.15) is 10.7 Å². The predicted octanol–water partition coefficient (Wildman–Crippen LogP) is 2.67. The molecule has 20 heavy (non-hydrogen) atoms. The number of sulfonamides is 1. The van der Waals surface area contributed by atoms with Crippen molar-refractivity contribution >= 4 is 15.7 Å². The predicted molar refractivity (Wildman–Crippen MR) is 77.4 cm³/mol. The van der Waals surface area contributed by atoms with E-state index in [2.05, 4.69) is 0 Å². The molecule has 1 aromatic rings. The molecule has 2 rings (SSSR count). The molecule has 0 radical (unpaired) electrons. The Morgan fingerprint density at radius 2 is 2.00 bits per heavy atom. The highest BCUT2D eigenvalue weighted by molar-refractivity contribution is 7.89. The van der Waals surface area contributed by atoms with E-state index in [0.29, 0.717) is 6.54 Å². The average Bonchev–Trinajstić information content (AvgIpc) is 2.58. The first kappa shape index (κ1) is 15.3. The first-order valence-corrected chi connectivity index (χ1v) is 8.35. The van der Waals surface area contributed by atoms with Crippen LogP contribution in [-0.2, 0) is 10.0 Å². The SMILES string of the molecule is Cc1cc(N)cc(S(=O)(=O)N2CCCCCC2C)c1F. The van der Waals surface area contributed by atoms with Gasteiger partial charge in [-0.2, -0.15) is 4.31 Å². The van der Waals surface area contributed by atoms with Crippen LogP contribution in [0.1, 0.15) is 38.2 Å². The number of rotatable bonds is 2. The van der Waals surface area contributed by atoms with E-state index in [1.807, 2.05) is 6.92 Å². The molecule has 0 amide bonds. The third-order valence-corrected chi connectivity index (χ3v) is 5.83. The van der Waals surface area contributed by atoms with E-state index in [0.717, 1.165) is 25.7 Å². The molecule has 0 bridgehead atoms. The molecule has 1 unspecified atom stereocenters. The van der Waals surface area contributed by atoms with Gasteiger partial charge < -0.3 is 5.73 Å². The van der Waals surface area contributed by atoms with Crippen LogP contribution in [0.15, 0.2) is 17.0 Å². The Bertz CT molecular complexity index is 601. The molecule has 6 heteroatoms. The highest BCUT2D eigenvalue weighted by Crippen LogP contribution is 2.28. The lowest BCUT2D eigenvalue weighted by molar-refractivity contribution is 0.340. The van der Waals surface area contributed by atoms with Gasteiger partial charge in [-0.3, -0.25) is 0 Å². The monoisotopic (exact) mass is 300 g/mol. The second kappa shape index (κ2) is 5.69. The van der Waals surface area contributed by atoms with Gasteiger partial charge in [0.15, 0.2) is 0 Å². The molecule has 4 nitrogen and oxygen atoms in total. The molecule has 0 aromatic heterocycles. The molecule has 1 aromatic carbocycles. The largest absolute Gasteiger partial charge is 0.399 e. The van der Waals surface area contributed by atoms with E-state index in [9.17, 15) is 12.8 Å². The first-order valence-electron chi connectivity index (χ1n) is 6.91. The van der Waals surface area contributed by atoms with Gasteiger partial charge in [-0.15, -0.1) is 0 Å². The van der Waals surface area contributed by atoms with Crippen LogP contribution in [-0.4, -0.2) is 25.3 Å². The molecule has 1 fully saturated rings. The minimum atomic E-state index is -3.83. The van der Waals surface area contributed by atoms with E-state index in [-0.39, 0.29) is 22.2 Å². The molecule has 0 saturated carbocycles. The van der Waals surface area contributed by atoms with Crippen molar-refractivity contribution in [3.8, 4) is 0 Å². The lowest BCUT2D eigenvalue weighted by Gasteiger charge is -2.26.